The van der Waals surface area contributed by atoms with E-state index < -0.39 is 15.6 Å². The number of piperidine rings is 1. The van der Waals surface area contributed by atoms with E-state index in [0.717, 1.165) is 62.3 Å². The number of nitrogens with zero attached hydrogens (tertiary/aromatic N) is 4. The SMILES string of the molecule is CCN(C)CCC1CCN(c2cc(Br)ccc2S(=O)(=O)N(C)C(C)(C)CN2CCOCC2)CC1. The number of rotatable bonds is 10. The van der Waals surface area contributed by atoms with Gasteiger partial charge >= 0.3 is 0 Å². The molecule has 0 atom stereocenters. The zero-order valence-corrected chi connectivity index (χ0v) is 24.0. The summed E-state index contributed by atoms with van der Waals surface area (Å²) in [6, 6.07) is 5.58. The summed E-state index contributed by atoms with van der Waals surface area (Å²) in [6.07, 6.45) is 3.41. The van der Waals surface area contributed by atoms with Gasteiger partial charge in [-0.15, -0.1) is 0 Å². The number of hydrogen-bond donors (Lipinski definition) is 0. The van der Waals surface area contributed by atoms with Crippen LogP contribution in [0.1, 0.15) is 40.0 Å². The first kappa shape index (κ1) is 27.9. The van der Waals surface area contributed by atoms with Crippen LogP contribution in [0.2, 0.25) is 0 Å². The maximum absolute atomic E-state index is 13.9. The van der Waals surface area contributed by atoms with Crippen molar-refractivity contribution in [2.45, 2.75) is 50.5 Å². The summed E-state index contributed by atoms with van der Waals surface area (Å²) in [6.45, 7) is 14.0. The summed E-state index contributed by atoms with van der Waals surface area (Å²) in [5, 5.41) is 0. The molecule has 0 amide bonds. The molecule has 2 heterocycles. The minimum atomic E-state index is -3.68. The molecular formula is C25H43BrN4O3S. The van der Waals surface area contributed by atoms with Crippen molar-refractivity contribution in [3.8, 4) is 0 Å². The van der Waals surface area contributed by atoms with Crippen LogP contribution in [0.3, 0.4) is 0 Å². The van der Waals surface area contributed by atoms with Crippen LogP contribution in [-0.2, 0) is 14.8 Å². The zero-order chi connectivity index (χ0) is 24.9. The molecule has 0 radical (unpaired) electrons. The van der Waals surface area contributed by atoms with Crippen molar-refractivity contribution in [1.29, 1.82) is 0 Å². The van der Waals surface area contributed by atoms with E-state index in [-0.39, 0.29) is 0 Å². The van der Waals surface area contributed by atoms with Crippen molar-refractivity contribution < 1.29 is 13.2 Å². The molecule has 0 spiro atoms. The molecule has 2 aliphatic heterocycles. The first-order chi connectivity index (χ1) is 16.0. The Bertz CT molecular complexity index is 897. The zero-order valence-electron chi connectivity index (χ0n) is 21.6. The monoisotopic (exact) mass is 558 g/mol. The van der Waals surface area contributed by atoms with Gasteiger partial charge in [-0.2, -0.15) is 4.31 Å². The second-order valence-electron chi connectivity index (χ2n) is 10.4. The Morgan fingerprint density at radius 2 is 1.76 bits per heavy atom. The molecule has 9 heteroatoms. The van der Waals surface area contributed by atoms with E-state index in [1.54, 1.807) is 17.4 Å². The molecule has 2 aliphatic rings. The quantitative estimate of drug-likeness (QED) is 0.436. The Balaban J connectivity index is 1.75. The number of morpholine rings is 1. The second kappa shape index (κ2) is 12.0. The summed E-state index contributed by atoms with van der Waals surface area (Å²) >= 11 is 3.57. The Morgan fingerprint density at radius 1 is 1.12 bits per heavy atom. The van der Waals surface area contributed by atoms with Gasteiger partial charge in [-0.1, -0.05) is 22.9 Å². The van der Waals surface area contributed by atoms with Gasteiger partial charge in [0.2, 0.25) is 10.0 Å². The highest BCUT2D eigenvalue weighted by molar-refractivity contribution is 9.10. The van der Waals surface area contributed by atoms with E-state index in [0.29, 0.717) is 30.6 Å². The standard InChI is InChI=1S/C25H43BrN4O3S/c1-6-27(4)12-9-21-10-13-30(14-11-21)23-19-22(26)7-8-24(23)34(31,32)28(5)25(2,3)20-29-15-17-33-18-16-29/h7-8,19,21H,6,9-18,20H2,1-5H3. The lowest BCUT2D eigenvalue weighted by molar-refractivity contribution is 0.0205. The van der Waals surface area contributed by atoms with Crippen LogP contribution in [0, 0.1) is 5.92 Å². The lowest BCUT2D eigenvalue weighted by Gasteiger charge is -2.41. The van der Waals surface area contributed by atoms with Gasteiger partial charge in [0, 0.05) is 49.8 Å². The van der Waals surface area contributed by atoms with E-state index in [9.17, 15) is 8.42 Å². The lowest BCUT2D eigenvalue weighted by atomic mass is 9.93. The number of sulfonamides is 1. The molecule has 194 valence electrons. The smallest absolute Gasteiger partial charge is 0.245 e. The average molecular weight is 560 g/mol. The third kappa shape index (κ3) is 6.95. The average Bonchev–Trinajstić information content (AvgIpc) is 2.82. The van der Waals surface area contributed by atoms with Crippen LogP contribution in [0.4, 0.5) is 5.69 Å². The molecule has 0 unspecified atom stereocenters. The highest BCUT2D eigenvalue weighted by atomic mass is 79.9. The maximum Gasteiger partial charge on any atom is 0.245 e. The van der Waals surface area contributed by atoms with Gasteiger partial charge in [-0.25, -0.2) is 8.42 Å². The van der Waals surface area contributed by atoms with Crippen molar-refractivity contribution in [3.63, 3.8) is 0 Å². The molecule has 1 aromatic carbocycles. The van der Waals surface area contributed by atoms with E-state index in [4.69, 9.17) is 4.74 Å². The van der Waals surface area contributed by atoms with E-state index in [1.165, 1.54) is 6.42 Å². The van der Waals surface area contributed by atoms with Crippen LogP contribution in [-0.4, -0.2) is 101 Å². The molecule has 1 aromatic rings. The predicted molar refractivity (Wildman–Crippen MR) is 143 cm³/mol. The molecular weight excluding hydrogens is 516 g/mol. The second-order valence-corrected chi connectivity index (χ2v) is 13.3. The minimum Gasteiger partial charge on any atom is -0.379 e. The van der Waals surface area contributed by atoms with Crippen molar-refractivity contribution >= 4 is 31.6 Å². The number of anilines is 1. The van der Waals surface area contributed by atoms with Crippen molar-refractivity contribution in [2.75, 3.05) is 78.0 Å². The first-order valence-electron chi connectivity index (χ1n) is 12.6. The Labute approximate surface area is 215 Å². The van der Waals surface area contributed by atoms with Crippen LogP contribution >= 0.6 is 15.9 Å². The number of halogens is 1. The summed E-state index contributed by atoms with van der Waals surface area (Å²) in [5.74, 6) is 0.701. The molecule has 7 nitrogen and oxygen atoms in total. The van der Waals surface area contributed by atoms with Crippen molar-refractivity contribution in [2.24, 2.45) is 5.92 Å². The van der Waals surface area contributed by atoms with E-state index in [1.807, 2.05) is 26.0 Å². The fourth-order valence-corrected chi connectivity index (χ4v) is 6.90. The Kier molecular flexibility index (Phi) is 9.85. The van der Waals surface area contributed by atoms with Gasteiger partial charge < -0.3 is 14.5 Å². The van der Waals surface area contributed by atoms with Gasteiger partial charge in [0.05, 0.1) is 18.9 Å². The largest absolute Gasteiger partial charge is 0.379 e. The highest BCUT2D eigenvalue weighted by Gasteiger charge is 2.38. The Morgan fingerprint density at radius 3 is 2.38 bits per heavy atom. The lowest BCUT2D eigenvalue weighted by Crippen LogP contribution is -2.54. The van der Waals surface area contributed by atoms with Crippen LogP contribution < -0.4 is 4.90 Å². The van der Waals surface area contributed by atoms with Crippen LogP contribution in [0.25, 0.3) is 0 Å². The molecule has 3 rings (SSSR count). The number of likely N-dealkylation sites (N-methyl/N-ethyl adjacent to an activating group) is 1. The predicted octanol–water partition coefficient (Wildman–Crippen LogP) is 3.74. The first-order valence-corrected chi connectivity index (χ1v) is 14.8. The van der Waals surface area contributed by atoms with Gasteiger partial charge in [-0.3, -0.25) is 4.90 Å². The van der Waals surface area contributed by atoms with Gasteiger partial charge in [-0.05, 0) is 77.4 Å². The van der Waals surface area contributed by atoms with E-state index >= 15 is 0 Å². The van der Waals surface area contributed by atoms with Crippen molar-refractivity contribution in [1.82, 2.24) is 14.1 Å². The fourth-order valence-electron chi connectivity index (χ4n) is 4.86. The molecule has 0 aromatic heterocycles. The number of hydrogen-bond acceptors (Lipinski definition) is 6. The Hall–Kier alpha value is -0.710. The molecule has 0 N–H and O–H groups in total. The highest BCUT2D eigenvalue weighted by Crippen LogP contribution is 2.35. The summed E-state index contributed by atoms with van der Waals surface area (Å²) < 4.78 is 35.7. The molecule has 0 aliphatic carbocycles. The topological polar surface area (TPSA) is 56.3 Å². The van der Waals surface area contributed by atoms with E-state index in [2.05, 4.69) is 44.6 Å². The molecule has 2 fully saturated rings. The third-order valence-corrected chi connectivity index (χ3v) is 10.1. The molecule has 0 saturated carbocycles. The maximum atomic E-state index is 13.9. The van der Waals surface area contributed by atoms with Gasteiger partial charge in [0.1, 0.15) is 4.90 Å². The molecule has 0 bridgehead atoms. The number of benzene rings is 1. The number of ether oxygens (including phenoxy) is 1. The summed E-state index contributed by atoms with van der Waals surface area (Å²) in [7, 11) is 0.215. The van der Waals surface area contributed by atoms with Crippen LogP contribution in [0.15, 0.2) is 27.6 Å². The molecule has 34 heavy (non-hydrogen) atoms. The minimum absolute atomic E-state index is 0.400. The normalized spacial score (nSPS) is 19.4. The van der Waals surface area contributed by atoms with Gasteiger partial charge in [0.25, 0.3) is 0 Å². The molecule has 2 saturated heterocycles. The van der Waals surface area contributed by atoms with Crippen molar-refractivity contribution in [3.05, 3.63) is 22.7 Å². The van der Waals surface area contributed by atoms with Crippen LogP contribution in [0.5, 0.6) is 0 Å². The third-order valence-electron chi connectivity index (χ3n) is 7.54. The van der Waals surface area contributed by atoms with Gasteiger partial charge in [0.15, 0.2) is 0 Å². The summed E-state index contributed by atoms with van der Waals surface area (Å²) in [4.78, 5) is 7.32. The summed E-state index contributed by atoms with van der Waals surface area (Å²) in [5.41, 5.74) is 0.270. The fraction of sp³-hybridized carbons (Fsp3) is 0.760.